The molecule has 1 aromatic heterocycles. The zero-order chi connectivity index (χ0) is 29.3. The average molecular weight is 601 g/mol. The number of nitrogens with zero attached hydrogens (tertiary/aromatic N) is 4. The zero-order valence-electron chi connectivity index (χ0n) is 23.2. The van der Waals surface area contributed by atoms with Gasteiger partial charge in [0.05, 0.1) is 29.5 Å². The van der Waals surface area contributed by atoms with E-state index in [9.17, 15) is 14.0 Å². The van der Waals surface area contributed by atoms with Crippen molar-refractivity contribution < 1.29 is 18.7 Å². The molecular formula is C30H32Cl2FN5O3. The highest BCUT2D eigenvalue weighted by Gasteiger charge is 2.36. The summed E-state index contributed by atoms with van der Waals surface area (Å²) >= 11 is 12.8. The van der Waals surface area contributed by atoms with Gasteiger partial charge in [0, 0.05) is 23.7 Å². The van der Waals surface area contributed by atoms with E-state index < -0.39 is 11.7 Å². The van der Waals surface area contributed by atoms with E-state index in [1.165, 1.54) is 17.0 Å². The van der Waals surface area contributed by atoms with Crippen molar-refractivity contribution in [3.8, 4) is 5.69 Å². The second-order valence-electron chi connectivity index (χ2n) is 11.2. The molecule has 2 aliphatic rings. The quantitative estimate of drug-likeness (QED) is 0.359. The molecule has 0 atom stereocenters. The van der Waals surface area contributed by atoms with Crippen molar-refractivity contribution in [1.29, 1.82) is 0 Å². The second kappa shape index (κ2) is 11.8. The summed E-state index contributed by atoms with van der Waals surface area (Å²) in [5.41, 5.74) is 5.56. The standard InChI is InChI=1S/C30H32Cl2FN5O3/c1-30(2,3)41-29(40)36-17-20(15-19-7-10-22(33)11-8-19)27-23(18-36)26(28(39)35-37-13-5-4-6-14-37)34-38(27)25-12-9-21(31)16-24(25)32/h7-12,15-16H,4-6,13-14,17-18H2,1-3H3,(H,35,39). The molecule has 0 unspecified atom stereocenters. The summed E-state index contributed by atoms with van der Waals surface area (Å²) in [7, 11) is 0. The average Bonchev–Trinajstić information content (AvgIpc) is 3.29. The Morgan fingerprint density at radius 1 is 1.02 bits per heavy atom. The van der Waals surface area contributed by atoms with Crippen molar-refractivity contribution in [3.63, 3.8) is 0 Å². The topological polar surface area (TPSA) is 79.7 Å². The van der Waals surface area contributed by atoms with Crippen LogP contribution in [0.25, 0.3) is 17.3 Å². The Kier molecular flexibility index (Phi) is 8.40. The van der Waals surface area contributed by atoms with Crippen LogP contribution in [0.5, 0.6) is 0 Å². The van der Waals surface area contributed by atoms with Crippen molar-refractivity contribution in [1.82, 2.24) is 25.1 Å². The summed E-state index contributed by atoms with van der Waals surface area (Å²) < 4.78 is 21.0. The smallest absolute Gasteiger partial charge is 0.410 e. The first kappa shape index (κ1) is 29.1. The summed E-state index contributed by atoms with van der Waals surface area (Å²) in [6.45, 7) is 7.16. The Bertz CT molecular complexity index is 1490. The van der Waals surface area contributed by atoms with E-state index in [1.807, 2.05) is 11.1 Å². The maximum atomic E-state index is 13.7. The van der Waals surface area contributed by atoms with Gasteiger partial charge in [-0.2, -0.15) is 5.10 Å². The van der Waals surface area contributed by atoms with Crippen LogP contribution in [0.3, 0.4) is 0 Å². The number of hydrogen-bond acceptors (Lipinski definition) is 5. The molecular weight excluding hydrogens is 568 g/mol. The Balaban J connectivity index is 1.67. The van der Waals surface area contributed by atoms with Gasteiger partial charge >= 0.3 is 6.09 Å². The summed E-state index contributed by atoms with van der Waals surface area (Å²) in [4.78, 5) is 28.5. The van der Waals surface area contributed by atoms with Gasteiger partial charge < -0.3 is 4.74 Å². The third kappa shape index (κ3) is 6.74. The lowest BCUT2D eigenvalue weighted by molar-refractivity contribution is 0.0253. The predicted molar refractivity (Wildman–Crippen MR) is 157 cm³/mol. The number of amides is 2. The van der Waals surface area contributed by atoms with Crippen LogP contribution in [0.4, 0.5) is 9.18 Å². The monoisotopic (exact) mass is 599 g/mol. The van der Waals surface area contributed by atoms with Gasteiger partial charge in [0.15, 0.2) is 5.69 Å². The minimum Gasteiger partial charge on any atom is -0.444 e. The van der Waals surface area contributed by atoms with E-state index in [0.717, 1.165) is 32.4 Å². The Labute approximate surface area is 248 Å². The fraction of sp³-hybridized carbons (Fsp3) is 0.367. The van der Waals surface area contributed by atoms with Crippen molar-refractivity contribution in [3.05, 3.63) is 80.8 Å². The van der Waals surface area contributed by atoms with Gasteiger partial charge in [-0.05, 0) is 81.2 Å². The normalized spacial score (nSPS) is 16.9. The molecule has 0 bridgehead atoms. The molecule has 1 saturated heterocycles. The lowest BCUT2D eigenvalue weighted by Gasteiger charge is -2.32. The molecule has 1 N–H and O–H groups in total. The highest BCUT2D eigenvalue weighted by atomic mass is 35.5. The number of hydrazine groups is 1. The van der Waals surface area contributed by atoms with E-state index in [-0.39, 0.29) is 30.5 Å². The Hall–Kier alpha value is -3.40. The van der Waals surface area contributed by atoms with Crippen LogP contribution < -0.4 is 5.43 Å². The predicted octanol–water partition coefficient (Wildman–Crippen LogP) is 6.74. The summed E-state index contributed by atoms with van der Waals surface area (Å²) in [6, 6.07) is 11.1. The molecule has 2 amide bonds. The Morgan fingerprint density at radius 3 is 2.39 bits per heavy atom. The lowest BCUT2D eigenvalue weighted by Crippen LogP contribution is -2.45. The minimum atomic E-state index is -0.715. The van der Waals surface area contributed by atoms with Gasteiger partial charge in [0.25, 0.3) is 5.91 Å². The molecule has 0 aliphatic carbocycles. The van der Waals surface area contributed by atoms with Crippen LogP contribution in [0.1, 0.15) is 67.3 Å². The van der Waals surface area contributed by atoms with Gasteiger partial charge in [-0.25, -0.2) is 18.9 Å². The first-order chi connectivity index (χ1) is 19.5. The number of hydrogen-bond donors (Lipinski definition) is 1. The molecule has 41 heavy (non-hydrogen) atoms. The zero-order valence-corrected chi connectivity index (χ0v) is 24.7. The first-order valence-corrected chi connectivity index (χ1v) is 14.3. The number of ether oxygens (including phenoxy) is 1. The van der Waals surface area contributed by atoms with Crippen molar-refractivity contribution in [2.75, 3.05) is 19.6 Å². The number of benzene rings is 2. The van der Waals surface area contributed by atoms with Crippen LogP contribution in [0, 0.1) is 5.82 Å². The lowest BCUT2D eigenvalue weighted by atomic mass is 9.97. The van der Waals surface area contributed by atoms with E-state index >= 15 is 0 Å². The highest BCUT2D eigenvalue weighted by molar-refractivity contribution is 6.35. The van der Waals surface area contributed by atoms with Gasteiger partial charge in [0.2, 0.25) is 0 Å². The third-order valence-electron chi connectivity index (χ3n) is 6.83. The van der Waals surface area contributed by atoms with Gasteiger partial charge in [-0.15, -0.1) is 0 Å². The van der Waals surface area contributed by atoms with Gasteiger partial charge in [0.1, 0.15) is 11.4 Å². The molecule has 11 heteroatoms. The molecule has 2 aliphatic heterocycles. The summed E-state index contributed by atoms with van der Waals surface area (Å²) in [6.07, 6.45) is 4.43. The summed E-state index contributed by atoms with van der Waals surface area (Å²) in [5.74, 6) is -0.735. The van der Waals surface area contributed by atoms with Crippen LogP contribution in [0.15, 0.2) is 42.5 Å². The number of carbonyl (C=O) groups excluding carboxylic acids is 2. The van der Waals surface area contributed by atoms with E-state index in [0.29, 0.717) is 38.1 Å². The number of aromatic nitrogens is 2. The van der Waals surface area contributed by atoms with Crippen LogP contribution in [-0.2, 0) is 11.3 Å². The minimum absolute atomic E-state index is 0.0962. The molecule has 0 radical (unpaired) electrons. The van der Waals surface area contributed by atoms with Crippen molar-refractivity contribution >= 4 is 46.9 Å². The third-order valence-corrected chi connectivity index (χ3v) is 7.37. The maximum absolute atomic E-state index is 13.7. The van der Waals surface area contributed by atoms with Crippen LogP contribution >= 0.6 is 23.2 Å². The number of halogens is 3. The van der Waals surface area contributed by atoms with E-state index in [4.69, 9.17) is 33.0 Å². The number of nitrogens with one attached hydrogen (secondary N) is 1. The highest BCUT2D eigenvalue weighted by Crippen LogP contribution is 2.36. The van der Waals surface area contributed by atoms with E-state index in [2.05, 4.69) is 5.43 Å². The molecule has 1 fully saturated rings. The second-order valence-corrected chi connectivity index (χ2v) is 12.1. The van der Waals surface area contributed by atoms with E-state index in [1.54, 1.807) is 55.8 Å². The number of carbonyl (C=O) groups is 2. The fourth-order valence-electron chi connectivity index (χ4n) is 5.00. The molecule has 3 aromatic rings. The molecule has 2 aromatic carbocycles. The maximum Gasteiger partial charge on any atom is 0.410 e. The SMILES string of the molecule is CC(C)(C)OC(=O)N1CC(=Cc2ccc(F)cc2)c2c(c(C(=O)NN3CCCCC3)nn2-c2ccc(Cl)cc2Cl)C1. The van der Waals surface area contributed by atoms with Crippen LogP contribution in [0.2, 0.25) is 10.0 Å². The van der Waals surface area contributed by atoms with Crippen LogP contribution in [-0.4, -0.2) is 56.9 Å². The molecule has 5 rings (SSSR count). The number of fused-ring (bicyclic) bond motifs is 1. The fourth-order valence-corrected chi connectivity index (χ4v) is 5.49. The largest absolute Gasteiger partial charge is 0.444 e. The Morgan fingerprint density at radius 2 is 1.73 bits per heavy atom. The van der Waals surface area contributed by atoms with Crippen molar-refractivity contribution in [2.24, 2.45) is 0 Å². The number of rotatable bonds is 4. The van der Waals surface area contributed by atoms with Gasteiger partial charge in [-0.3, -0.25) is 15.1 Å². The van der Waals surface area contributed by atoms with Gasteiger partial charge in [-0.1, -0.05) is 41.8 Å². The van der Waals surface area contributed by atoms with Crippen molar-refractivity contribution in [2.45, 2.75) is 52.2 Å². The first-order valence-electron chi connectivity index (χ1n) is 13.6. The number of piperidine rings is 1. The molecule has 0 saturated carbocycles. The summed E-state index contributed by atoms with van der Waals surface area (Å²) in [5, 5.41) is 7.47. The molecule has 216 valence electrons. The molecule has 0 spiro atoms. The molecule has 8 nitrogen and oxygen atoms in total. The molecule has 3 heterocycles.